The summed E-state index contributed by atoms with van der Waals surface area (Å²) >= 11 is 0. The summed E-state index contributed by atoms with van der Waals surface area (Å²) in [6, 6.07) is 0. The third-order valence-corrected chi connectivity index (χ3v) is 11.7. The number of allylic oxidation sites excluding steroid dienone is 6. The van der Waals surface area contributed by atoms with Crippen molar-refractivity contribution in [1.29, 1.82) is 0 Å². The molecule has 12 nitrogen and oxygen atoms in total. The lowest BCUT2D eigenvalue weighted by atomic mass is 10.00. The molecule has 0 saturated carbocycles. The van der Waals surface area contributed by atoms with E-state index >= 15 is 0 Å². The van der Waals surface area contributed by atoms with Crippen molar-refractivity contribution in [3.05, 3.63) is 36.5 Å². The molecule has 0 amide bonds. The molecule has 1 fully saturated rings. The Labute approximate surface area is 370 Å². The van der Waals surface area contributed by atoms with Crippen LogP contribution in [0.5, 0.6) is 0 Å². The Morgan fingerprint density at radius 1 is 0.557 bits per heavy atom. The number of aliphatic hydroxyl groups excluding tert-OH is 3. The van der Waals surface area contributed by atoms with Gasteiger partial charge in [0.15, 0.2) is 12.4 Å². The third-order valence-electron chi connectivity index (χ3n) is 10.9. The van der Waals surface area contributed by atoms with Crippen molar-refractivity contribution in [1.82, 2.24) is 0 Å². The van der Waals surface area contributed by atoms with Crippen LogP contribution in [0.1, 0.15) is 200 Å². The second-order valence-corrected chi connectivity index (χ2v) is 18.3. The van der Waals surface area contributed by atoms with E-state index in [-0.39, 0.29) is 19.4 Å². The van der Waals surface area contributed by atoms with Gasteiger partial charge in [0.1, 0.15) is 36.8 Å². The molecular weight excluding hydrogens is 801 g/mol. The van der Waals surface area contributed by atoms with Gasteiger partial charge in [-0.05, 0) is 70.6 Å². The van der Waals surface area contributed by atoms with Crippen molar-refractivity contribution >= 4 is 22.1 Å². The van der Waals surface area contributed by atoms with E-state index in [1.807, 2.05) is 0 Å². The molecule has 0 aromatic heterocycles. The van der Waals surface area contributed by atoms with E-state index in [0.717, 1.165) is 70.6 Å². The van der Waals surface area contributed by atoms with Crippen LogP contribution in [-0.2, 0) is 38.7 Å². The minimum absolute atomic E-state index is 0.148. The molecule has 1 heterocycles. The normalized spacial score (nSPS) is 20.3. The molecule has 0 aliphatic carbocycles. The standard InChI is InChI=1S/C48H86O12S/c1-3-5-7-9-11-13-15-17-19-20-21-23-24-26-28-30-32-34-36-43(49)57-38-41(39-58-48-47(53)46(52)45(51)42(60-48)40-61(54,55)56)59-44(50)37-35-33-31-29-27-25-22-18-16-14-12-10-8-6-4-2/h12,14,18-20,22,41-42,45-48,51-53H,3-11,13,15-17,21,23-40H2,1-2H3,(H,54,55,56)/b14-12-,20-19-,22-18-. The summed E-state index contributed by atoms with van der Waals surface area (Å²) in [7, 11) is -4.60. The molecule has 356 valence electrons. The van der Waals surface area contributed by atoms with Crippen LogP contribution in [0.3, 0.4) is 0 Å². The fourth-order valence-electron chi connectivity index (χ4n) is 7.17. The lowest BCUT2D eigenvalue weighted by Gasteiger charge is -2.40. The summed E-state index contributed by atoms with van der Waals surface area (Å²) < 4.78 is 54.1. The lowest BCUT2D eigenvalue weighted by Crippen LogP contribution is -2.60. The average molecular weight is 887 g/mol. The summed E-state index contributed by atoms with van der Waals surface area (Å²) in [5.41, 5.74) is 0. The number of unbranched alkanes of at least 4 members (excludes halogenated alkanes) is 22. The van der Waals surface area contributed by atoms with Crippen LogP contribution in [0.15, 0.2) is 36.5 Å². The first kappa shape index (κ1) is 56.9. The van der Waals surface area contributed by atoms with Crippen LogP contribution < -0.4 is 0 Å². The Morgan fingerprint density at radius 3 is 1.49 bits per heavy atom. The molecule has 13 heteroatoms. The van der Waals surface area contributed by atoms with Crippen LogP contribution in [0.2, 0.25) is 0 Å². The quantitative estimate of drug-likeness (QED) is 0.0198. The molecular formula is C48H86O12S. The van der Waals surface area contributed by atoms with Gasteiger partial charge < -0.3 is 34.3 Å². The van der Waals surface area contributed by atoms with Crippen molar-refractivity contribution < 1.29 is 56.8 Å². The van der Waals surface area contributed by atoms with Gasteiger partial charge in [0.05, 0.1) is 6.61 Å². The van der Waals surface area contributed by atoms with Crippen LogP contribution >= 0.6 is 0 Å². The lowest BCUT2D eigenvalue weighted by molar-refractivity contribution is -0.297. The molecule has 1 aliphatic rings. The van der Waals surface area contributed by atoms with E-state index in [4.69, 9.17) is 18.9 Å². The van der Waals surface area contributed by atoms with Crippen LogP contribution in [0.25, 0.3) is 0 Å². The van der Waals surface area contributed by atoms with Gasteiger partial charge in [-0.1, -0.05) is 153 Å². The van der Waals surface area contributed by atoms with E-state index in [0.29, 0.717) is 12.8 Å². The van der Waals surface area contributed by atoms with Gasteiger partial charge >= 0.3 is 11.9 Å². The molecule has 1 rings (SSSR count). The molecule has 6 atom stereocenters. The van der Waals surface area contributed by atoms with Gasteiger partial charge in [0.25, 0.3) is 10.1 Å². The zero-order valence-electron chi connectivity index (χ0n) is 38.0. The number of carbonyl (C=O) groups excluding carboxylic acids is 2. The van der Waals surface area contributed by atoms with E-state index in [1.165, 1.54) is 89.9 Å². The number of rotatable bonds is 40. The molecule has 0 bridgehead atoms. The van der Waals surface area contributed by atoms with Gasteiger partial charge in [-0.25, -0.2) is 0 Å². The number of hydrogen-bond acceptors (Lipinski definition) is 11. The topological polar surface area (TPSA) is 186 Å². The van der Waals surface area contributed by atoms with Crippen molar-refractivity contribution in [2.24, 2.45) is 0 Å². The van der Waals surface area contributed by atoms with Gasteiger partial charge in [0, 0.05) is 12.8 Å². The first-order chi connectivity index (χ1) is 29.5. The van der Waals surface area contributed by atoms with E-state index in [9.17, 15) is 37.9 Å². The fourth-order valence-corrected chi connectivity index (χ4v) is 7.86. The Hall–Kier alpha value is -2.13. The first-order valence-corrected chi connectivity index (χ1v) is 25.7. The molecule has 61 heavy (non-hydrogen) atoms. The van der Waals surface area contributed by atoms with Crippen molar-refractivity contribution in [3.63, 3.8) is 0 Å². The van der Waals surface area contributed by atoms with Gasteiger partial charge in [-0.3, -0.25) is 14.1 Å². The maximum Gasteiger partial charge on any atom is 0.306 e. The predicted octanol–water partition coefficient (Wildman–Crippen LogP) is 10.2. The minimum atomic E-state index is -4.60. The molecule has 0 spiro atoms. The average Bonchev–Trinajstić information content (AvgIpc) is 3.22. The van der Waals surface area contributed by atoms with Gasteiger partial charge in [-0.15, -0.1) is 0 Å². The molecule has 0 aromatic carbocycles. The molecule has 1 aliphatic heterocycles. The largest absolute Gasteiger partial charge is 0.462 e. The number of aliphatic hydroxyl groups is 3. The molecule has 4 N–H and O–H groups in total. The van der Waals surface area contributed by atoms with E-state index in [1.54, 1.807) is 0 Å². The van der Waals surface area contributed by atoms with Gasteiger partial charge in [-0.2, -0.15) is 8.42 Å². The van der Waals surface area contributed by atoms with Crippen LogP contribution in [0, 0.1) is 0 Å². The molecule has 6 unspecified atom stereocenters. The van der Waals surface area contributed by atoms with E-state index in [2.05, 4.69) is 50.3 Å². The van der Waals surface area contributed by atoms with Crippen LogP contribution in [-0.4, -0.2) is 96.0 Å². The predicted molar refractivity (Wildman–Crippen MR) is 243 cm³/mol. The Kier molecular flexibility index (Phi) is 35.8. The highest BCUT2D eigenvalue weighted by Crippen LogP contribution is 2.24. The second kappa shape index (κ2) is 38.3. The third kappa shape index (κ3) is 33.1. The zero-order valence-corrected chi connectivity index (χ0v) is 38.8. The van der Waals surface area contributed by atoms with E-state index < -0.39 is 71.2 Å². The van der Waals surface area contributed by atoms with Crippen molar-refractivity contribution in [3.8, 4) is 0 Å². The summed E-state index contributed by atoms with van der Waals surface area (Å²) in [5.74, 6) is -2.00. The minimum Gasteiger partial charge on any atom is -0.462 e. The first-order valence-electron chi connectivity index (χ1n) is 24.0. The summed E-state index contributed by atoms with van der Waals surface area (Å²) in [6.07, 6.45) is 34.7. The highest BCUT2D eigenvalue weighted by Gasteiger charge is 2.46. The molecule has 0 aromatic rings. The number of carbonyl (C=O) groups is 2. The van der Waals surface area contributed by atoms with Crippen LogP contribution in [0.4, 0.5) is 0 Å². The highest BCUT2D eigenvalue weighted by molar-refractivity contribution is 7.85. The fraction of sp³-hybridized carbons (Fsp3) is 0.833. The smallest absolute Gasteiger partial charge is 0.306 e. The number of ether oxygens (including phenoxy) is 4. The SMILES string of the molecule is CCCCC/C=C\C/C=C\CCCCCCCC(=O)OC(COC(=O)CCCCCCCCC/C=C\CCCCCCCCC)COC1OC(CS(=O)(=O)O)C(O)C(O)C1O. The second-order valence-electron chi connectivity index (χ2n) is 16.8. The Morgan fingerprint density at radius 2 is 0.984 bits per heavy atom. The summed E-state index contributed by atoms with van der Waals surface area (Å²) in [5, 5.41) is 30.9. The number of hydrogen-bond donors (Lipinski definition) is 4. The number of esters is 2. The van der Waals surface area contributed by atoms with Crippen molar-refractivity contribution in [2.45, 2.75) is 237 Å². The summed E-state index contributed by atoms with van der Waals surface area (Å²) in [6.45, 7) is 3.73. The highest BCUT2D eigenvalue weighted by atomic mass is 32.2. The maximum atomic E-state index is 12.8. The molecule has 0 radical (unpaired) electrons. The Balaban J connectivity index is 2.42. The van der Waals surface area contributed by atoms with Crippen molar-refractivity contribution in [2.75, 3.05) is 19.0 Å². The summed E-state index contributed by atoms with van der Waals surface area (Å²) in [4.78, 5) is 25.4. The Bertz CT molecular complexity index is 1270. The monoisotopic (exact) mass is 887 g/mol. The van der Waals surface area contributed by atoms with Gasteiger partial charge in [0.2, 0.25) is 0 Å². The maximum absolute atomic E-state index is 12.8. The molecule has 1 saturated heterocycles. The zero-order chi connectivity index (χ0) is 44.8.